The Morgan fingerprint density at radius 2 is 2.11 bits per heavy atom. The normalized spacial score (nSPS) is 12.8. The molecule has 3 nitrogen and oxygen atoms in total. The summed E-state index contributed by atoms with van der Waals surface area (Å²) in [4.78, 5) is 4.65. The van der Waals surface area contributed by atoms with Crippen molar-refractivity contribution < 1.29 is 4.74 Å². The lowest BCUT2D eigenvalue weighted by atomic mass is 10.3. The smallest absolute Gasteiger partial charge is 0.127 e. The first-order chi connectivity index (χ1) is 9.17. The zero-order valence-corrected chi connectivity index (χ0v) is 12.6. The van der Waals surface area contributed by atoms with Crippen LogP contribution in [0.15, 0.2) is 18.2 Å². The second-order valence-corrected chi connectivity index (χ2v) is 5.39. The van der Waals surface area contributed by atoms with Crippen molar-refractivity contribution in [3.63, 3.8) is 0 Å². The number of nitrogens with zero attached hydrogens (tertiary/aromatic N) is 2. The van der Waals surface area contributed by atoms with Gasteiger partial charge in [0.15, 0.2) is 0 Å². The molecule has 19 heavy (non-hydrogen) atoms. The number of alkyl halides is 1. The minimum absolute atomic E-state index is 0.0843. The average Bonchev–Trinajstić information content (AvgIpc) is 2.75. The van der Waals surface area contributed by atoms with Crippen LogP contribution in [0.5, 0.6) is 5.75 Å². The van der Waals surface area contributed by atoms with Gasteiger partial charge in [-0.05, 0) is 31.9 Å². The van der Waals surface area contributed by atoms with Crippen LogP contribution in [0.1, 0.15) is 44.8 Å². The summed E-state index contributed by atoms with van der Waals surface area (Å²) in [7, 11) is 0. The maximum absolute atomic E-state index is 6.22. The molecule has 0 radical (unpaired) electrons. The number of fused-ring (bicyclic) bond motifs is 1. The van der Waals surface area contributed by atoms with Crippen LogP contribution in [0.3, 0.4) is 0 Å². The summed E-state index contributed by atoms with van der Waals surface area (Å²) < 4.78 is 7.86. The number of aryl methyl sites for hydroxylation is 1. The molecule has 104 valence electrons. The summed E-state index contributed by atoms with van der Waals surface area (Å²) in [5, 5.41) is -0.0843. The Labute approximate surface area is 119 Å². The molecule has 0 saturated heterocycles. The molecule has 0 aliphatic heterocycles. The molecular formula is C15H21ClN2O. The van der Waals surface area contributed by atoms with Crippen molar-refractivity contribution in [2.45, 2.75) is 45.5 Å². The largest absolute Gasteiger partial charge is 0.494 e. The van der Waals surface area contributed by atoms with Gasteiger partial charge < -0.3 is 9.30 Å². The van der Waals surface area contributed by atoms with Gasteiger partial charge in [-0.3, -0.25) is 0 Å². The van der Waals surface area contributed by atoms with Crippen LogP contribution in [0.2, 0.25) is 0 Å². The Morgan fingerprint density at radius 1 is 1.32 bits per heavy atom. The molecule has 0 amide bonds. The number of halogens is 1. The Balaban J connectivity index is 2.43. The second kappa shape index (κ2) is 6.29. The Morgan fingerprint density at radius 3 is 2.74 bits per heavy atom. The average molecular weight is 281 g/mol. The topological polar surface area (TPSA) is 27.1 Å². The van der Waals surface area contributed by atoms with E-state index in [9.17, 15) is 0 Å². The highest BCUT2D eigenvalue weighted by atomic mass is 35.5. The summed E-state index contributed by atoms with van der Waals surface area (Å²) in [5.41, 5.74) is 2.10. The van der Waals surface area contributed by atoms with Crippen LogP contribution in [0, 0.1) is 0 Å². The molecule has 1 atom stereocenters. The van der Waals surface area contributed by atoms with Gasteiger partial charge in [0.25, 0.3) is 0 Å². The summed E-state index contributed by atoms with van der Waals surface area (Å²) in [6.45, 7) is 7.90. The molecule has 2 aromatic rings. The molecule has 0 N–H and O–H groups in total. The minimum atomic E-state index is -0.0843. The third-order valence-electron chi connectivity index (χ3n) is 3.03. The molecule has 1 aromatic heterocycles. The second-order valence-electron chi connectivity index (χ2n) is 4.74. The van der Waals surface area contributed by atoms with Crippen LogP contribution >= 0.6 is 11.6 Å². The third kappa shape index (κ3) is 3.03. The standard InChI is InChI=1S/C15H21ClN2O/c1-4-8-18-14-7-6-12(19-9-5-2)10-13(14)17-15(18)11(3)16/h6-7,10-11H,4-5,8-9H2,1-3H3. The van der Waals surface area contributed by atoms with Crippen molar-refractivity contribution >= 4 is 22.6 Å². The molecule has 2 rings (SSSR count). The summed E-state index contributed by atoms with van der Waals surface area (Å²) >= 11 is 6.22. The van der Waals surface area contributed by atoms with Gasteiger partial charge in [0.1, 0.15) is 11.6 Å². The van der Waals surface area contributed by atoms with Crippen LogP contribution in [0.4, 0.5) is 0 Å². The van der Waals surface area contributed by atoms with Crippen molar-refractivity contribution in [3.8, 4) is 5.75 Å². The molecule has 0 saturated carbocycles. The number of hydrogen-bond acceptors (Lipinski definition) is 2. The van der Waals surface area contributed by atoms with E-state index in [-0.39, 0.29) is 5.38 Å². The van der Waals surface area contributed by atoms with E-state index >= 15 is 0 Å². The van der Waals surface area contributed by atoms with E-state index in [1.165, 1.54) is 0 Å². The van der Waals surface area contributed by atoms with Crippen molar-refractivity contribution in [2.75, 3.05) is 6.61 Å². The lowest BCUT2D eigenvalue weighted by Gasteiger charge is -2.09. The van der Waals surface area contributed by atoms with E-state index < -0.39 is 0 Å². The van der Waals surface area contributed by atoms with Gasteiger partial charge >= 0.3 is 0 Å². The predicted octanol–water partition coefficient (Wildman–Crippen LogP) is 4.53. The Kier molecular flexibility index (Phi) is 4.70. The molecule has 0 aliphatic rings. The van der Waals surface area contributed by atoms with Crippen molar-refractivity contribution in [1.29, 1.82) is 0 Å². The molecule has 1 heterocycles. The SMILES string of the molecule is CCCOc1ccc2c(c1)nc(C(C)Cl)n2CCC. The predicted molar refractivity (Wildman–Crippen MR) is 80.1 cm³/mol. The van der Waals surface area contributed by atoms with E-state index in [4.69, 9.17) is 16.3 Å². The fourth-order valence-corrected chi connectivity index (χ4v) is 2.37. The van der Waals surface area contributed by atoms with E-state index in [2.05, 4.69) is 29.5 Å². The summed E-state index contributed by atoms with van der Waals surface area (Å²) in [5.74, 6) is 1.82. The van der Waals surface area contributed by atoms with Crippen LogP contribution in [-0.4, -0.2) is 16.2 Å². The fourth-order valence-electron chi connectivity index (χ4n) is 2.20. The number of aromatic nitrogens is 2. The highest BCUT2D eigenvalue weighted by Gasteiger charge is 2.14. The third-order valence-corrected chi connectivity index (χ3v) is 3.22. The molecule has 0 bridgehead atoms. The highest BCUT2D eigenvalue weighted by Crippen LogP contribution is 2.27. The molecule has 0 fully saturated rings. The molecule has 1 unspecified atom stereocenters. The van der Waals surface area contributed by atoms with E-state index in [1.54, 1.807) is 0 Å². The quantitative estimate of drug-likeness (QED) is 0.727. The Bertz CT molecular complexity index is 548. The monoisotopic (exact) mass is 280 g/mol. The van der Waals surface area contributed by atoms with Gasteiger partial charge in [0.2, 0.25) is 0 Å². The lowest BCUT2D eigenvalue weighted by molar-refractivity contribution is 0.318. The zero-order chi connectivity index (χ0) is 13.8. The first-order valence-electron chi connectivity index (χ1n) is 6.94. The minimum Gasteiger partial charge on any atom is -0.494 e. The van der Waals surface area contributed by atoms with Gasteiger partial charge in [-0.2, -0.15) is 0 Å². The van der Waals surface area contributed by atoms with Crippen molar-refractivity contribution in [1.82, 2.24) is 9.55 Å². The molecular weight excluding hydrogens is 260 g/mol. The number of ether oxygens (including phenoxy) is 1. The summed E-state index contributed by atoms with van der Waals surface area (Å²) in [6.07, 6.45) is 2.07. The molecule has 0 aliphatic carbocycles. The van der Waals surface area contributed by atoms with Gasteiger partial charge in [0, 0.05) is 12.6 Å². The van der Waals surface area contributed by atoms with Crippen LogP contribution < -0.4 is 4.74 Å². The van der Waals surface area contributed by atoms with Crippen molar-refractivity contribution in [2.24, 2.45) is 0 Å². The first kappa shape index (κ1) is 14.2. The maximum Gasteiger partial charge on any atom is 0.127 e. The van der Waals surface area contributed by atoms with E-state index in [1.807, 2.05) is 19.1 Å². The first-order valence-corrected chi connectivity index (χ1v) is 7.38. The highest BCUT2D eigenvalue weighted by molar-refractivity contribution is 6.20. The van der Waals surface area contributed by atoms with Crippen LogP contribution in [0.25, 0.3) is 11.0 Å². The van der Waals surface area contributed by atoms with Crippen LogP contribution in [-0.2, 0) is 6.54 Å². The number of rotatable bonds is 6. The molecule has 0 spiro atoms. The number of imidazole rings is 1. The van der Waals surface area contributed by atoms with Gasteiger partial charge in [-0.1, -0.05) is 13.8 Å². The number of hydrogen-bond donors (Lipinski definition) is 0. The van der Waals surface area contributed by atoms with Crippen molar-refractivity contribution in [3.05, 3.63) is 24.0 Å². The summed E-state index contributed by atoms with van der Waals surface area (Å²) in [6, 6.07) is 6.08. The van der Waals surface area contributed by atoms with E-state index in [0.717, 1.165) is 48.6 Å². The van der Waals surface area contributed by atoms with Gasteiger partial charge in [-0.25, -0.2) is 4.98 Å². The lowest BCUT2D eigenvalue weighted by Crippen LogP contribution is -2.03. The Hall–Kier alpha value is -1.22. The van der Waals surface area contributed by atoms with Gasteiger partial charge in [-0.15, -0.1) is 11.6 Å². The zero-order valence-electron chi connectivity index (χ0n) is 11.8. The van der Waals surface area contributed by atoms with E-state index in [0.29, 0.717) is 0 Å². The fraction of sp³-hybridized carbons (Fsp3) is 0.533. The molecule has 4 heteroatoms. The van der Waals surface area contributed by atoms with Gasteiger partial charge in [0.05, 0.1) is 23.0 Å². The molecule has 1 aromatic carbocycles. The number of benzene rings is 1. The maximum atomic E-state index is 6.22.